The normalized spacial score (nSPS) is 19.6. The minimum atomic E-state index is -1.79. The molecule has 0 aromatic heterocycles. The van der Waals surface area contributed by atoms with Crippen molar-refractivity contribution in [3.63, 3.8) is 0 Å². The number of ether oxygens (including phenoxy) is 4. The number of likely N-dealkylation sites (N-methyl/N-ethyl adjacent to an activating group) is 1. The van der Waals surface area contributed by atoms with Crippen LogP contribution in [0.4, 0.5) is 9.59 Å². The smallest absolute Gasteiger partial charge is 0.461 e. The van der Waals surface area contributed by atoms with Crippen LogP contribution in [0.2, 0.25) is 0 Å². The van der Waals surface area contributed by atoms with Crippen LogP contribution in [0.3, 0.4) is 0 Å². The number of carbonyl (C=O) groups excluding carboxylic acids is 9. The van der Waals surface area contributed by atoms with E-state index in [1.165, 1.54) is 29.2 Å². The van der Waals surface area contributed by atoms with Gasteiger partial charge in [0.25, 0.3) is 5.91 Å². The Bertz CT molecular complexity index is 2020. The van der Waals surface area contributed by atoms with E-state index in [9.17, 15) is 43.2 Å². The molecule has 2 saturated heterocycles. The summed E-state index contributed by atoms with van der Waals surface area (Å²) in [5, 5.41) is 7.54. The number of hydrogen-bond acceptors (Lipinski definition) is 14. The summed E-state index contributed by atoms with van der Waals surface area (Å²) in [5.74, 6) is -5.57. The molecule has 3 atom stereocenters. The summed E-state index contributed by atoms with van der Waals surface area (Å²) in [6.45, 7) is 7.32. The van der Waals surface area contributed by atoms with Crippen molar-refractivity contribution in [1.29, 1.82) is 0 Å². The Hall–Kier alpha value is -6.44. The fraction of sp³-hybridized carbons (Fsp3) is 0.395. The number of nitrogens with one attached hydrogen (secondary N) is 3. The number of carbonyl (C=O) groups is 9. The predicted octanol–water partition coefficient (Wildman–Crippen LogP) is 1.48. The van der Waals surface area contributed by atoms with Crippen molar-refractivity contribution < 1.29 is 62.1 Å². The SMILES string of the molecule is CCN1CCN(C(=O)NC(C(=O)N[C@@H]2C(=O)N3C(C(=O)OC(C)(C)C)=C(COC(C)=O)CSC23NC=O)c2ccc(OC(=O)OCc3ccccc3)cc2)C(=O)C1=O. The van der Waals surface area contributed by atoms with Gasteiger partial charge in [-0.15, -0.1) is 11.8 Å². The second kappa shape index (κ2) is 17.8. The van der Waals surface area contributed by atoms with Gasteiger partial charge in [0.2, 0.25) is 12.3 Å². The maximum Gasteiger partial charge on any atom is 0.514 e. The molecule has 0 aliphatic carbocycles. The van der Waals surface area contributed by atoms with Crippen LogP contribution < -0.4 is 20.7 Å². The lowest BCUT2D eigenvalue weighted by atomic mass is 9.96. The zero-order valence-electron chi connectivity index (χ0n) is 32.2. The van der Waals surface area contributed by atoms with Gasteiger partial charge < -0.3 is 39.8 Å². The number of rotatable bonds is 13. The summed E-state index contributed by atoms with van der Waals surface area (Å²) in [6, 6.07) is 9.87. The van der Waals surface area contributed by atoms with Crippen molar-refractivity contribution in [1.82, 2.24) is 30.7 Å². The molecule has 3 heterocycles. The number of urea groups is 1. The Kier molecular flexibility index (Phi) is 13.1. The monoisotopic (exact) mass is 822 g/mol. The third-order valence-corrected chi connectivity index (χ3v) is 10.4. The average Bonchev–Trinajstić information content (AvgIpc) is 3.18. The van der Waals surface area contributed by atoms with E-state index >= 15 is 0 Å². The maximum absolute atomic E-state index is 14.2. The lowest BCUT2D eigenvalue weighted by Gasteiger charge is -2.58. The van der Waals surface area contributed by atoms with E-state index in [0.717, 1.165) is 29.1 Å². The van der Waals surface area contributed by atoms with Gasteiger partial charge >= 0.3 is 35.9 Å². The van der Waals surface area contributed by atoms with Crippen LogP contribution in [-0.2, 0) is 54.4 Å². The van der Waals surface area contributed by atoms with Gasteiger partial charge in [-0.3, -0.25) is 38.6 Å². The first-order valence-electron chi connectivity index (χ1n) is 18.0. The molecule has 19 nitrogen and oxygen atoms in total. The van der Waals surface area contributed by atoms with Crippen LogP contribution in [0.5, 0.6) is 5.75 Å². The fourth-order valence-electron chi connectivity index (χ4n) is 6.13. The number of benzene rings is 2. The van der Waals surface area contributed by atoms with Crippen LogP contribution in [0.1, 0.15) is 51.8 Å². The summed E-state index contributed by atoms with van der Waals surface area (Å²) >= 11 is 0.943. The third-order valence-electron chi connectivity index (χ3n) is 8.89. The number of amides is 7. The van der Waals surface area contributed by atoms with Gasteiger partial charge in [-0.1, -0.05) is 42.5 Å². The predicted molar refractivity (Wildman–Crippen MR) is 202 cm³/mol. The molecule has 3 N–H and O–H groups in total. The molecule has 0 spiro atoms. The van der Waals surface area contributed by atoms with Gasteiger partial charge in [0, 0.05) is 37.9 Å². The lowest BCUT2D eigenvalue weighted by Crippen LogP contribution is -2.83. The molecule has 2 aromatic rings. The van der Waals surface area contributed by atoms with Gasteiger partial charge in [0.15, 0.2) is 11.0 Å². The highest BCUT2D eigenvalue weighted by atomic mass is 32.2. The van der Waals surface area contributed by atoms with E-state index in [4.69, 9.17) is 18.9 Å². The topological polar surface area (TPSA) is 236 Å². The van der Waals surface area contributed by atoms with Crippen LogP contribution in [-0.4, -0.2) is 117 Å². The molecule has 0 bridgehead atoms. The van der Waals surface area contributed by atoms with Gasteiger partial charge in [-0.2, -0.15) is 0 Å². The highest BCUT2D eigenvalue weighted by Gasteiger charge is 2.66. The molecule has 3 aliphatic heterocycles. The molecule has 2 fully saturated rings. The first kappa shape index (κ1) is 42.7. The molecule has 3 aliphatic rings. The second-order valence-corrected chi connectivity index (χ2v) is 15.2. The number of hydrogen-bond donors (Lipinski definition) is 3. The number of imide groups is 1. The molecule has 308 valence electrons. The largest absolute Gasteiger partial charge is 0.514 e. The number of thioether (sulfide) groups is 1. The molecule has 2 unspecified atom stereocenters. The molecule has 0 radical (unpaired) electrons. The summed E-state index contributed by atoms with van der Waals surface area (Å²) in [4.78, 5) is 118. The summed E-state index contributed by atoms with van der Waals surface area (Å²) < 4.78 is 21.1. The van der Waals surface area contributed by atoms with Crippen LogP contribution in [0, 0.1) is 0 Å². The Morgan fingerprint density at radius 2 is 1.64 bits per heavy atom. The zero-order chi connectivity index (χ0) is 42.4. The minimum Gasteiger partial charge on any atom is -0.461 e. The molecular formula is C38H42N6O13S. The van der Waals surface area contributed by atoms with E-state index in [-0.39, 0.29) is 67.6 Å². The first-order valence-corrected chi connectivity index (χ1v) is 19.0. The Balaban J connectivity index is 1.42. The lowest BCUT2D eigenvalue weighted by molar-refractivity contribution is -0.166. The summed E-state index contributed by atoms with van der Waals surface area (Å²) in [7, 11) is 0. The van der Waals surface area contributed by atoms with Crippen molar-refractivity contribution in [2.75, 3.05) is 32.0 Å². The number of nitrogens with zero attached hydrogens (tertiary/aromatic N) is 3. The van der Waals surface area contributed by atoms with Crippen molar-refractivity contribution in [2.24, 2.45) is 0 Å². The highest BCUT2D eigenvalue weighted by molar-refractivity contribution is 8.01. The Morgan fingerprint density at radius 3 is 2.26 bits per heavy atom. The van der Waals surface area contributed by atoms with E-state index in [1.54, 1.807) is 52.0 Å². The van der Waals surface area contributed by atoms with Crippen LogP contribution in [0.25, 0.3) is 0 Å². The standard InChI is InChI=1S/C38H42N6O13S/c1-6-42-16-17-43(33(50)32(42)49)35(52)40-27(24-12-14-26(15-13-24)56-36(53)55-18-23-10-8-7-9-11-23)30(47)41-29-31(48)44-28(34(51)57-37(3,4)5)25(19-54-22(2)46)20-58-38(29,44)39-21-45/h7-15,21,27,29H,6,16-20H2,1-5H3,(H,39,45)(H,40,52)(H,41,47)/t27?,29-,38?/m1/s1. The highest BCUT2D eigenvalue weighted by Crippen LogP contribution is 2.48. The van der Waals surface area contributed by atoms with Gasteiger partial charge in [-0.05, 0) is 51.0 Å². The van der Waals surface area contributed by atoms with Gasteiger partial charge in [-0.25, -0.2) is 14.4 Å². The van der Waals surface area contributed by atoms with Crippen LogP contribution >= 0.6 is 11.8 Å². The van der Waals surface area contributed by atoms with Crippen molar-refractivity contribution in [2.45, 2.75) is 63.9 Å². The minimum absolute atomic E-state index is 0.00679. The third kappa shape index (κ3) is 9.39. The second-order valence-electron chi connectivity index (χ2n) is 14.0. The van der Waals surface area contributed by atoms with E-state index in [0.29, 0.717) is 4.90 Å². The van der Waals surface area contributed by atoms with Crippen molar-refractivity contribution in [3.05, 3.63) is 77.0 Å². The molecule has 20 heteroatoms. The summed E-state index contributed by atoms with van der Waals surface area (Å²) in [5.41, 5.74) is -0.309. The van der Waals surface area contributed by atoms with Gasteiger partial charge in [0.05, 0.1) is 0 Å². The van der Waals surface area contributed by atoms with Crippen molar-refractivity contribution >= 4 is 65.9 Å². The molecule has 5 rings (SSSR count). The number of β-lactam (4-membered cyclic amide) rings is 1. The Labute approximate surface area is 336 Å². The molecular weight excluding hydrogens is 781 g/mol. The van der Waals surface area contributed by atoms with E-state index in [2.05, 4.69) is 16.0 Å². The van der Waals surface area contributed by atoms with Gasteiger partial charge in [0.1, 0.15) is 36.3 Å². The van der Waals surface area contributed by atoms with Crippen LogP contribution in [0.15, 0.2) is 65.9 Å². The van der Waals surface area contributed by atoms with Crippen molar-refractivity contribution in [3.8, 4) is 5.75 Å². The first-order chi connectivity index (χ1) is 27.5. The molecule has 58 heavy (non-hydrogen) atoms. The number of piperazine rings is 1. The van der Waals surface area contributed by atoms with E-state index < -0.39 is 70.4 Å². The molecule has 2 aromatic carbocycles. The quantitative estimate of drug-likeness (QED) is 0.0649. The van der Waals surface area contributed by atoms with E-state index in [1.807, 2.05) is 6.07 Å². The fourth-order valence-corrected chi connectivity index (χ4v) is 7.52. The molecule has 0 saturated carbocycles. The summed E-state index contributed by atoms with van der Waals surface area (Å²) in [6.07, 6.45) is -0.744. The number of fused-ring (bicyclic) bond motifs is 1. The molecule has 7 amide bonds. The Morgan fingerprint density at radius 1 is 0.948 bits per heavy atom. The average molecular weight is 823 g/mol. The number of esters is 2. The zero-order valence-corrected chi connectivity index (χ0v) is 33.0. The maximum atomic E-state index is 14.2.